The van der Waals surface area contributed by atoms with E-state index in [9.17, 15) is 18.0 Å². The van der Waals surface area contributed by atoms with Crippen molar-refractivity contribution in [1.82, 2.24) is 4.98 Å². The molecule has 0 aromatic carbocycles. The van der Waals surface area contributed by atoms with Gasteiger partial charge in [0.2, 0.25) is 5.71 Å². The number of esters is 1. The Balaban J connectivity index is 2.97. The molecule has 24 heavy (non-hydrogen) atoms. The van der Waals surface area contributed by atoms with Crippen LogP contribution in [0.15, 0.2) is 10.5 Å². The number of hydrogen-bond donors (Lipinski definition) is 1. The predicted molar refractivity (Wildman–Crippen MR) is 86.5 cm³/mol. The first-order chi connectivity index (χ1) is 10.9. The van der Waals surface area contributed by atoms with Crippen LogP contribution >= 0.6 is 11.3 Å². The minimum atomic E-state index is -3.91. The number of hydrogen-bond acceptors (Lipinski definition) is 10. The minimum absolute atomic E-state index is 0.0263. The lowest BCUT2D eigenvalue weighted by Crippen LogP contribution is -2.27. The van der Waals surface area contributed by atoms with E-state index in [1.165, 1.54) is 5.38 Å². The van der Waals surface area contributed by atoms with Gasteiger partial charge < -0.3 is 9.47 Å². The summed E-state index contributed by atoms with van der Waals surface area (Å²) in [6.45, 7) is 5.10. The molecule has 1 amide bonds. The van der Waals surface area contributed by atoms with Crippen molar-refractivity contribution in [2.75, 3.05) is 18.7 Å². The number of carbonyl (C=O) groups is 2. The molecule has 0 radical (unpaired) electrons. The summed E-state index contributed by atoms with van der Waals surface area (Å²) in [5.74, 6) is -0.951. The molecule has 1 heterocycles. The molecule has 0 aliphatic heterocycles. The Bertz CT molecular complexity index is 747. The summed E-state index contributed by atoms with van der Waals surface area (Å²) in [6.07, 6.45) is 0.0365. The molecule has 10 nitrogen and oxygen atoms in total. The van der Waals surface area contributed by atoms with Gasteiger partial charge in [0.15, 0.2) is 5.13 Å². The first kappa shape index (κ1) is 19.8. The number of methoxy groups -OCH3 is 1. The number of carbonyl (C=O) groups excluding carboxylic acids is 2. The smallest absolute Gasteiger partial charge is 0.413 e. The third-order valence-electron chi connectivity index (χ3n) is 2.00. The molecule has 1 rings (SSSR count). The maximum absolute atomic E-state index is 11.7. The fourth-order valence-corrected chi connectivity index (χ4v) is 2.11. The molecule has 0 saturated heterocycles. The highest BCUT2D eigenvalue weighted by molar-refractivity contribution is 7.85. The van der Waals surface area contributed by atoms with E-state index in [-0.39, 0.29) is 10.8 Å². The van der Waals surface area contributed by atoms with Crippen molar-refractivity contribution in [3.8, 4) is 0 Å². The first-order valence-electron chi connectivity index (χ1n) is 6.42. The fraction of sp³-hybridized carbons (Fsp3) is 0.500. The van der Waals surface area contributed by atoms with Crippen LogP contribution < -0.4 is 5.32 Å². The van der Waals surface area contributed by atoms with Gasteiger partial charge in [0, 0.05) is 5.38 Å². The van der Waals surface area contributed by atoms with Crippen LogP contribution in [0.5, 0.6) is 0 Å². The highest BCUT2D eigenvalue weighted by Crippen LogP contribution is 2.18. The van der Waals surface area contributed by atoms with E-state index in [1.807, 2.05) is 0 Å². The number of rotatable bonds is 5. The quantitative estimate of drug-likeness (QED) is 0.460. The third-order valence-corrected chi connectivity index (χ3v) is 3.10. The highest BCUT2D eigenvalue weighted by atomic mass is 32.2. The molecular weight excluding hydrogens is 362 g/mol. The van der Waals surface area contributed by atoms with E-state index in [0.717, 1.165) is 24.7 Å². The Labute approximate surface area is 142 Å². The molecular formula is C12H17N3O7S2. The maximum Gasteiger partial charge on any atom is 0.413 e. The second-order valence-corrected chi connectivity index (χ2v) is 7.79. The molecule has 1 aromatic rings. The van der Waals surface area contributed by atoms with Crippen LogP contribution in [0, 0.1) is 0 Å². The minimum Gasteiger partial charge on any atom is -0.464 e. The Hall–Kier alpha value is -2.21. The number of nitrogens with one attached hydrogen (secondary N) is 1. The highest BCUT2D eigenvalue weighted by Gasteiger charge is 2.22. The molecule has 0 aliphatic rings. The molecule has 0 spiro atoms. The summed E-state index contributed by atoms with van der Waals surface area (Å²) in [7, 11) is -2.82. The number of thiazole rings is 1. The molecule has 0 unspecified atom stereocenters. The van der Waals surface area contributed by atoms with Crippen LogP contribution in [0.4, 0.5) is 9.93 Å². The molecule has 0 aliphatic carbocycles. The van der Waals surface area contributed by atoms with Crippen molar-refractivity contribution in [3.63, 3.8) is 0 Å². The van der Waals surface area contributed by atoms with Gasteiger partial charge in [-0.25, -0.2) is 14.6 Å². The van der Waals surface area contributed by atoms with Crippen molar-refractivity contribution < 1.29 is 31.8 Å². The number of amides is 1. The van der Waals surface area contributed by atoms with Gasteiger partial charge in [0.05, 0.1) is 13.4 Å². The van der Waals surface area contributed by atoms with E-state index < -0.39 is 33.5 Å². The molecule has 0 saturated carbocycles. The van der Waals surface area contributed by atoms with E-state index in [0.29, 0.717) is 0 Å². The standard InChI is InChI=1S/C12H17N3O7S2/c1-12(2,3)21-11(17)14-10-13-7(6-23-10)8(9(16)20-4)15-22-24(5,18)19/h6H,1-5H3,(H,13,14,17). The lowest BCUT2D eigenvalue weighted by molar-refractivity contribution is -0.132. The summed E-state index contributed by atoms with van der Waals surface area (Å²) in [5.41, 5.74) is -1.18. The number of anilines is 1. The summed E-state index contributed by atoms with van der Waals surface area (Å²) < 4.78 is 35.8. The summed E-state index contributed by atoms with van der Waals surface area (Å²) in [5, 5.41) is 7.12. The van der Waals surface area contributed by atoms with Gasteiger partial charge in [-0.1, -0.05) is 5.16 Å². The Kier molecular flexibility index (Phi) is 6.26. The van der Waals surface area contributed by atoms with E-state index in [1.54, 1.807) is 20.8 Å². The molecule has 0 atom stereocenters. The van der Waals surface area contributed by atoms with Crippen molar-refractivity contribution >= 4 is 44.4 Å². The number of aromatic nitrogens is 1. The second-order valence-electron chi connectivity index (χ2n) is 5.37. The number of nitrogens with zero attached hydrogens (tertiary/aromatic N) is 2. The van der Waals surface area contributed by atoms with Gasteiger partial charge >= 0.3 is 22.2 Å². The summed E-state index contributed by atoms with van der Waals surface area (Å²) >= 11 is 0.977. The average molecular weight is 379 g/mol. The largest absolute Gasteiger partial charge is 0.464 e. The van der Waals surface area contributed by atoms with Gasteiger partial charge in [0.25, 0.3) is 0 Å². The first-order valence-corrected chi connectivity index (χ1v) is 9.12. The zero-order valence-electron chi connectivity index (χ0n) is 13.6. The third kappa shape index (κ3) is 6.91. The van der Waals surface area contributed by atoms with Crippen LogP contribution in [-0.4, -0.2) is 50.1 Å². The zero-order chi connectivity index (χ0) is 18.5. The van der Waals surface area contributed by atoms with E-state index in [2.05, 4.69) is 24.5 Å². The SMILES string of the molecule is COC(=O)C(=NOS(C)(=O)=O)c1csc(NC(=O)OC(C)(C)C)n1. The van der Waals surface area contributed by atoms with Gasteiger partial charge in [0.1, 0.15) is 11.3 Å². The van der Waals surface area contributed by atoms with Crippen molar-refractivity contribution in [3.05, 3.63) is 11.1 Å². The van der Waals surface area contributed by atoms with Gasteiger partial charge in [-0.15, -0.1) is 11.3 Å². The van der Waals surface area contributed by atoms with Crippen LogP contribution in [0.1, 0.15) is 26.5 Å². The Morgan fingerprint density at radius 3 is 2.46 bits per heavy atom. The average Bonchev–Trinajstić information content (AvgIpc) is 2.83. The molecule has 1 aromatic heterocycles. The fourth-order valence-electron chi connectivity index (χ4n) is 1.22. The van der Waals surface area contributed by atoms with Crippen LogP contribution in [0.2, 0.25) is 0 Å². The van der Waals surface area contributed by atoms with Crippen LogP contribution in [-0.2, 0) is 28.7 Å². The summed E-state index contributed by atoms with van der Waals surface area (Å²) in [4.78, 5) is 27.3. The predicted octanol–water partition coefficient (Wildman–Crippen LogP) is 1.34. The Morgan fingerprint density at radius 1 is 1.33 bits per heavy atom. The van der Waals surface area contributed by atoms with Crippen molar-refractivity contribution in [2.24, 2.45) is 5.16 Å². The topological polar surface area (TPSA) is 133 Å². The zero-order valence-corrected chi connectivity index (χ0v) is 15.3. The molecule has 1 N–H and O–H groups in total. The van der Waals surface area contributed by atoms with Crippen LogP contribution in [0.25, 0.3) is 0 Å². The molecule has 12 heteroatoms. The van der Waals surface area contributed by atoms with Gasteiger partial charge in [-0.3, -0.25) is 9.60 Å². The van der Waals surface area contributed by atoms with Crippen LogP contribution in [0.3, 0.4) is 0 Å². The van der Waals surface area contributed by atoms with Crippen molar-refractivity contribution in [1.29, 1.82) is 0 Å². The monoisotopic (exact) mass is 379 g/mol. The lowest BCUT2D eigenvalue weighted by atomic mass is 10.2. The normalized spacial score (nSPS) is 12.5. The summed E-state index contributed by atoms with van der Waals surface area (Å²) in [6, 6.07) is 0. The van der Waals surface area contributed by atoms with E-state index in [4.69, 9.17) is 4.74 Å². The Morgan fingerprint density at radius 2 is 1.96 bits per heavy atom. The van der Waals surface area contributed by atoms with E-state index >= 15 is 0 Å². The molecule has 134 valence electrons. The molecule has 0 fully saturated rings. The van der Waals surface area contributed by atoms with Crippen molar-refractivity contribution in [2.45, 2.75) is 26.4 Å². The second kappa shape index (κ2) is 7.57. The number of oxime groups is 1. The molecule has 0 bridgehead atoms. The lowest BCUT2D eigenvalue weighted by Gasteiger charge is -2.18. The van der Waals surface area contributed by atoms with Gasteiger partial charge in [-0.2, -0.15) is 8.42 Å². The number of ether oxygens (including phenoxy) is 2. The maximum atomic E-state index is 11.7. The van der Waals surface area contributed by atoms with Gasteiger partial charge in [-0.05, 0) is 20.8 Å².